The molecule has 0 fully saturated rings. The Morgan fingerprint density at radius 3 is 2.50 bits per heavy atom. The Morgan fingerprint density at radius 1 is 1.08 bits per heavy atom. The van der Waals surface area contributed by atoms with E-state index in [0.29, 0.717) is 18.7 Å². The number of methoxy groups -OCH3 is 1. The minimum absolute atomic E-state index is 0.0746. The van der Waals surface area contributed by atoms with E-state index in [1.165, 1.54) is 0 Å². The van der Waals surface area contributed by atoms with E-state index in [0.717, 1.165) is 46.4 Å². The number of hydrogen-bond acceptors (Lipinski definition) is 6. The number of tetrazole rings is 1. The van der Waals surface area contributed by atoms with Crippen molar-refractivity contribution in [3.63, 3.8) is 0 Å². The highest BCUT2D eigenvalue weighted by atomic mass is 16.5. The lowest BCUT2D eigenvalue weighted by Crippen LogP contribution is -2.36. The normalized spacial score (nSPS) is 12.9. The Labute approximate surface area is 212 Å². The van der Waals surface area contributed by atoms with Crippen molar-refractivity contribution >= 4 is 10.9 Å². The topological polar surface area (TPSA) is 88.9 Å². The average Bonchev–Trinajstić information content (AvgIpc) is 3.36. The van der Waals surface area contributed by atoms with E-state index in [-0.39, 0.29) is 17.1 Å². The van der Waals surface area contributed by atoms with Gasteiger partial charge in [0.05, 0.1) is 18.7 Å². The third kappa shape index (κ3) is 5.33. The van der Waals surface area contributed by atoms with Gasteiger partial charge in [-0.25, -0.2) is 4.68 Å². The number of nitrogens with one attached hydrogen (secondary N) is 1. The molecule has 2 aromatic heterocycles. The predicted octanol–water partition coefficient (Wildman–Crippen LogP) is 5.13. The van der Waals surface area contributed by atoms with Crippen molar-refractivity contribution in [1.82, 2.24) is 30.1 Å². The summed E-state index contributed by atoms with van der Waals surface area (Å²) in [4.78, 5) is 18.5. The van der Waals surface area contributed by atoms with Crippen LogP contribution >= 0.6 is 0 Å². The molecule has 0 saturated heterocycles. The fourth-order valence-corrected chi connectivity index (χ4v) is 4.54. The number of aryl methyl sites for hydroxylation is 1. The summed E-state index contributed by atoms with van der Waals surface area (Å²) in [5.74, 6) is 1.62. The Bertz CT molecular complexity index is 1370. The van der Waals surface area contributed by atoms with Crippen LogP contribution in [0.1, 0.15) is 69.1 Å². The second-order valence-corrected chi connectivity index (χ2v) is 10.0. The molecular weight excluding hydrogens is 452 g/mol. The number of aromatic nitrogens is 5. The second kappa shape index (κ2) is 10.6. The van der Waals surface area contributed by atoms with Gasteiger partial charge in [-0.3, -0.25) is 9.69 Å². The fraction of sp³-hybridized carbons (Fsp3) is 0.429. The van der Waals surface area contributed by atoms with Crippen molar-refractivity contribution < 1.29 is 4.74 Å². The number of benzene rings is 2. The molecule has 0 aliphatic rings. The first-order valence-electron chi connectivity index (χ1n) is 12.5. The van der Waals surface area contributed by atoms with Gasteiger partial charge in [-0.05, 0) is 85.3 Å². The lowest BCUT2D eigenvalue weighted by atomic mass is 10.0. The van der Waals surface area contributed by atoms with Crippen LogP contribution in [0.15, 0.2) is 53.3 Å². The molecule has 0 aliphatic heterocycles. The summed E-state index contributed by atoms with van der Waals surface area (Å²) in [5, 5.41) is 13.9. The first-order valence-corrected chi connectivity index (χ1v) is 12.5. The third-order valence-electron chi connectivity index (χ3n) is 7.05. The Balaban J connectivity index is 1.77. The van der Waals surface area contributed by atoms with Crippen LogP contribution in [-0.2, 0) is 18.6 Å². The molecular formula is C28H36N6O2. The van der Waals surface area contributed by atoms with Crippen LogP contribution in [0.3, 0.4) is 0 Å². The van der Waals surface area contributed by atoms with E-state index >= 15 is 0 Å². The lowest BCUT2D eigenvalue weighted by Gasteiger charge is -2.33. The summed E-state index contributed by atoms with van der Waals surface area (Å²) in [6.45, 7) is 11.7. The fourth-order valence-electron chi connectivity index (χ4n) is 4.54. The van der Waals surface area contributed by atoms with Crippen LogP contribution in [-0.4, -0.2) is 37.2 Å². The number of ether oxygens (including phenoxy) is 1. The summed E-state index contributed by atoms with van der Waals surface area (Å²) in [6, 6.07) is 16.0. The standard InChI is InChI=1S/C28H36N6O2/c1-7-25(26-30-31-32-34(26)28(4,5)8-2)33(17-20-10-12-23(36-6)13-11-20)18-22-16-21-15-19(3)9-14-24(21)29-27(22)35/h9-16,25H,7-8,17-18H2,1-6H3,(H,29,35)/t25-/m1/s1. The van der Waals surface area contributed by atoms with Crippen LogP contribution in [0.5, 0.6) is 5.75 Å². The maximum atomic E-state index is 13.1. The molecule has 2 aromatic carbocycles. The van der Waals surface area contributed by atoms with Gasteiger partial charge < -0.3 is 9.72 Å². The van der Waals surface area contributed by atoms with Gasteiger partial charge in [-0.15, -0.1) is 5.10 Å². The van der Waals surface area contributed by atoms with Crippen LogP contribution < -0.4 is 10.3 Å². The molecule has 190 valence electrons. The van der Waals surface area contributed by atoms with E-state index in [4.69, 9.17) is 4.74 Å². The van der Waals surface area contributed by atoms with Crippen molar-refractivity contribution in [2.45, 2.75) is 72.1 Å². The molecule has 1 atom stereocenters. The maximum absolute atomic E-state index is 13.1. The van der Waals surface area contributed by atoms with Gasteiger partial charge in [0.15, 0.2) is 5.82 Å². The van der Waals surface area contributed by atoms with Crippen LogP contribution in [0.25, 0.3) is 10.9 Å². The summed E-state index contributed by atoms with van der Waals surface area (Å²) >= 11 is 0. The first kappa shape index (κ1) is 25.6. The summed E-state index contributed by atoms with van der Waals surface area (Å²) in [5.41, 5.74) is 3.54. The van der Waals surface area contributed by atoms with E-state index < -0.39 is 0 Å². The molecule has 0 bridgehead atoms. The maximum Gasteiger partial charge on any atom is 0.252 e. The van der Waals surface area contributed by atoms with Crippen molar-refractivity contribution in [1.29, 1.82) is 0 Å². The number of rotatable bonds is 10. The van der Waals surface area contributed by atoms with Gasteiger partial charge in [0, 0.05) is 24.2 Å². The third-order valence-corrected chi connectivity index (χ3v) is 7.05. The largest absolute Gasteiger partial charge is 0.497 e. The highest BCUT2D eigenvalue weighted by molar-refractivity contribution is 5.79. The number of hydrogen-bond donors (Lipinski definition) is 1. The zero-order valence-electron chi connectivity index (χ0n) is 22.1. The molecule has 0 amide bonds. The van der Waals surface area contributed by atoms with Crippen LogP contribution in [0, 0.1) is 6.92 Å². The van der Waals surface area contributed by atoms with Crippen molar-refractivity contribution in [2.75, 3.05) is 7.11 Å². The monoisotopic (exact) mass is 488 g/mol. The smallest absolute Gasteiger partial charge is 0.252 e. The van der Waals surface area contributed by atoms with Crippen LogP contribution in [0.2, 0.25) is 0 Å². The van der Waals surface area contributed by atoms with E-state index in [1.54, 1.807) is 7.11 Å². The van der Waals surface area contributed by atoms with Gasteiger partial charge >= 0.3 is 0 Å². The van der Waals surface area contributed by atoms with Crippen molar-refractivity contribution in [3.8, 4) is 5.75 Å². The number of aromatic amines is 1. The first-order chi connectivity index (χ1) is 17.2. The number of H-pyrrole nitrogens is 1. The van der Waals surface area contributed by atoms with Gasteiger partial charge in [-0.2, -0.15) is 0 Å². The SMILES string of the molecule is CC[C@H](c1nnnn1C(C)(C)CC)N(Cc1ccc(OC)cc1)Cc1cc2cc(C)ccc2[nH]c1=O. The number of nitrogens with zero attached hydrogens (tertiary/aromatic N) is 5. The zero-order valence-corrected chi connectivity index (χ0v) is 22.1. The highest BCUT2D eigenvalue weighted by Crippen LogP contribution is 2.30. The molecule has 0 saturated carbocycles. The van der Waals surface area contributed by atoms with Gasteiger partial charge in [-0.1, -0.05) is 37.6 Å². The molecule has 0 spiro atoms. The molecule has 0 unspecified atom stereocenters. The number of pyridine rings is 1. The molecule has 2 heterocycles. The van der Waals surface area contributed by atoms with Gasteiger partial charge in [0.2, 0.25) is 0 Å². The van der Waals surface area contributed by atoms with Crippen molar-refractivity contribution in [3.05, 3.63) is 81.4 Å². The molecule has 8 heteroatoms. The molecule has 4 rings (SSSR count). The highest BCUT2D eigenvalue weighted by Gasteiger charge is 2.31. The molecule has 36 heavy (non-hydrogen) atoms. The van der Waals surface area contributed by atoms with E-state index in [9.17, 15) is 4.79 Å². The molecule has 0 aliphatic carbocycles. The molecule has 4 aromatic rings. The Kier molecular flexibility index (Phi) is 7.54. The quantitative estimate of drug-likeness (QED) is 0.333. The lowest BCUT2D eigenvalue weighted by molar-refractivity contribution is 0.150. The van der Waals surface area contributed by atoms with E-state index in [2.05, 4.69) is 78.2 Å². The molecule has 1 N–H and O–H groups in total. The van der Waals surface area contributed by atoms with E-state index in [1.807, 2.05) is 35.0 Å². The minimum Gasteiger partial charge on any atom is -0.497 e. The summed E-state index contributed by atoms with van der Waals surface area (Å²) in [7, 11) is 1.66. The molecule has 0 radical (unpaired) electrons. The van der Waals surface area contributed by atoms with Gasteiger partial charge in [0.1, 0.15) is 5.75 Å². The zero-order chi connectivity index (χ0) is 25.9. The molecule has 8 nitrogen and oxygen atoms in total. The van der Waals surface area contributed by atoms with Gasteiger partial charge in [0.25, 0.3) is 5.56 Å². The van der Waals surface area contributed by atoms with Crippen molar-refractivity contribution in [2.24, 2.45) is 0 Å². The summed E-state index contributed by atoms with van der Waals surface area (Å²) in [6.07, 6.45) is 1.69. The predicted molar refractivity (Wildman–Crippen MR) is 142 cm³/mol. The minimum atomic E-state index is -0.226. The summed E-state index contributed by atoms with van der Waals surface area (Å²) < 4.78 is 7.28. The Hall–Kier alpha value is -3.52. The number of fused-ring (bicyclic) bond motifs is 1. The second-order valence-electron chi connectivity index (χ2n) is 10.0. The Morgan fingerprint density at radius 2 is 1.83 bits per heavy atom. The average molecular weight is 489 g/mol. The van der Waals surface area contributed by atoms with Crippen LogP contribution in [0.4, 0.5) is 0 Å².